The Morgan fingerprint density at radius 1 is 1.24 bits per heavy atom. The number of pyridine rings is 1. The lowest BCUT2D eigenvalue weighted by Gasteiger charge is -2.21. The Kier molecular flexibility index (Phi) is 3.41. The highest BCUT2D eigenvalue weighted by Gasteiger charge is 2.22. The second-order valence-corrected chi connectivity index (χ2v) is 4.24. The fourth-order valence-electron chi connectivity index (χ4n) is 2.11. The van der Waals surface area contributed by atoms with E-state index in [0.717, 1.165) is 25.9 Å². The SMILES string of the molecule is Nc1ccc([N+](=O)[O-])c(N2CCCCCC2)n1. The Morgan fingerprint density at radius 2 is 1.88 bits per heavy atom. The first-order valence-electron chi connectivity index (χ1n) is 5.84. The maximum Gasteiger partial charge on any atom is 0.311 e. The minimum absolute atomic E-state index is 0.0427. The van der Waals surface area contributed by atoms with Gasteiger partial charge in [-0.25, -0.2) is 4.98 Å². The summed E-state index contributed by atoms with van der Waals surface area (Å²) < 4.78 is 0. The van der Waals surface area contributed by atoms with Crippen molar-refractivity contribution in [3.63, 3.8) is 0 Å². The number of aromatic nitrogens is 1. The summed E-state index contributed by atoms with van der Waals surface area (Å²) in [7, 11) is 0. The molecule has 6 nitrogen and oxygen atoms in total. The summed E-state index contributed by atoms with van der Waals surface area (Å²) in [5.74, 6) is 0.742. The molecule has 92 valence electrons. The van der Waals surface area contributed by atoms with Gasteiger partial charge in [0, 0.05) is 19.2 Å². The van der Waals surface area contributed by atoms with Crippen LogP contribution in [0.2, 0.25) is 0 Å². The molecule has 0 atom stereocenters. The quantitative estimate of drug-likeness (QED) is 0.626. The van der Waals surface area contributed by atoms with Gasteiger partial charge in [0.2, 0.25) is 5.82 Å². The number of anilines is 2. The molecule has 0 unspecified atom stereocenters. The van der Waals surface area contributed by atoms with Crippen molar-refractivity contribution in [2.24, 2.45) is 0 Å². The summed E-state index contributed by atoms with van der Waals surface area (Å²) in [5, 5.41) is 11.0. The van der Waals surface area contributed by atoms with Crippen molar-refractivity contribution in [3.05, 3.63) is 22.2 Å². The van der Waals surface area contributed by atoms with Crippen LogP contribution in [0.25, 0.3) is 0 Å². The Bertz CT molecular complexity index is 414. The fourth-order valence-corrected chi connectivity index (χ4v) is 2.11. The zero-order chi connectivity index (χ0) is 12.3. The van der Waals surface area contributed by atoms with E-state index in [-0.39, 0.29) is 5.69 Å². The van der Waals surface area contributed by atoms with Gasteiger partial charge in [-0.05, 0) is 18.9 Å². The molecule has 1 fully saturated rings. The maximum absolute atomic E-state index is 11.0. The van der Waals surface area contributed by atoms with Crippen molar-refractivity contribution in [2.75, 3.05) is 23.7 Å². The molecule has 1 saturated heterocycles. The summed E-state index contributed by atoms with van der Waals surface area (Å²) in [6, 6.07) is 2.90. The number of nitrogens with two attached hydrogens (primary N) is 1. The van der Waals surface area contributed by atoms with E-state index >= 15 is 0 Å². The highest BCUT2D eigenvalue weighted by atomic mass is 16.6. The van der Waals surface area contributed by atoms with Gasteiger partial charge in [0.05, 0.1) is 4.92 Å². The number of nitro groups is 1. The Balaban J connectivity index is 2.34. The third-order valence-corrected chi connectivity index (χ3v) is 2.98. The van der Waals surface area contributed by atoms with Crippen LogP contribution in [-0.2, 0) is 0 Å². The van der Waals surface area contributed by atoms with Crippen LogP contribution in [-0.4, -0.2) is 23.0 Å². The van der Waals surface area contributed by atoms with Crippen molar-refractivity contribution in [1.82, 2.24) is 4.98 Å². The molecule has 0 spiro atoms. The Morgan fingerprint density at radius 3 is 2.47 bits per heavy atom. The molecule has 0 bridgehead atoms. The predicted octanol–water partition coefficient (Wildman–Crippen LogP) is 1.95. The van der Waals surface area contributed by atoms with Crippen LogP contribution in [0.5, 0.6) is 0 Å². The van der Waals surface area contributed by atoms with Crippen LogP contribution in [0, 0.1) is 10.1 Å². The standard InChI is InChI=1S/C11H16N4O2/c12-10-6-5-9(15(16)17)11(13-10)14-7-3-1-2-4-8-14/h5-6H,1-4,7-8H2,(H2,12,13). The summed E-state index contributed by atoms with van der Waals surface area (Å²) in [5.41, 5.74) is 5.66. The molecule has 0 saturated carbocycles. The van der Waals surface area contributed by atoms with Crippen molar-refractivity contribution < 1.29 is 4.92 Å². The lowest BCUT2D eigenvalue weighted by atomic mass is 10.2. The molecule has 6 heteroatoms. The second kappa shape index (κ2) is 4.99. The molecular weight excluding hydrogens is 220 g/mol. The minimum atomic E-state index is -0.396. The molecular formula is C11H16N4O2. The van der Waals surface area contributed by atoms with E-state index in [1.807, 2.05) is 4.90 Å². The van der Waals surface area contributed by atoms with Gasteiger partial charge >= 0.3 is 5.69 Å². The summed E-state index contributed by atoms with van der Waals surface area (Å²) in [6.07, 6.45) is 4.44. The van der Waals surface area contributed by atoms with Crippen molar-refractivity contribution >= 4 is 17.3 Å². The summed E-state index contributed by atoms with van der Waals surface area (Å²) in [6.45, 7) is 1.63. The molecule has 17 heavy (non-hydrogen) atoms. The molecule has 1 aliphatic rings. The van der Waals surface area contributed by atoms with Gasteiger partial charge in [0.15, 0.2) is 0 Å². The van der Waals surface area contributed by atoms with Gasteiger partial charge in [-0.1, -0.05) is 12.8 Å². The van der Waals surface area contributed by atoms with Crippen LogP contribution >= 0.6 is 0 Å². The Hall–Kier alpha value is -1.85. The van der Waals surface area contributed by atoms with Gasteiger partial charge in [0.25, 0.3) is 0 Å². The molecule has 1 aliphatic heterocycles. The zero-order valence-corrected chi connectivity index (χ0v) is 9.63. The lowest BCUT2D eigenvalue weighted by Crippen LogP contribution is -2.26. The first-order chi connectivity index (χ1) is 8.18. The van der Waals surface area contributed by atoms with E-state index in [0.29, 0.717) is 11.6 Å². The summed E-state index contributed by atoms with van der Waals surface area (Å²) in [4.78, 5) is 16.7. The molecule has 1 aromatic rings. The molecule has 2 rings (SSSR count). The van der Waals surface area contributed by atoms with Crippen molar-refractivity contribution in [2.45, 2.75) is 25.7 Å². The number of nitrogen functional groups attached to an aromatic ring is 1. The molecule has 0 radical (unpaired) electrons. The number of rotatable bonds is 2. The van der Waals surface area contributed by atoms with Crippen LogP contribution in [0.15, 0.2) is 12.1 Å². The molecule has 0 aliphatic carbocycles. The van der Waals surface area contributed by atoms with E-state index in [4.69, 9.17) is 5.73 Å². The molecule has 0 aromatic carbocycles. The van der Waals surface area contributed by atoms with Gasteiger partial charge in [-0.2, -0.15) is 0 Å². The highest BCUT2D eigenvalue weighted by molar-refractivity contribution is 5.61. The van der Waals surface area contributed by atoms with E-state index < -0.39 is 4.92 Å². The Labute approximate surface area is 99.6 Å². The second-order valence-electron chi connectivity index (χ2n) is 4.24. The molecule has 0 amide bonds. The predicted molar refractivity (Wildman–Crippen MR) is 66.0 cm³/mol. The van der Waals surface area contributed by atoms with Crippen LogP contribution in [0.1, 0.15) is 25.7 Å². The highest BCUT2D eigenvalue weighted by Crippen LogP contribution is 2.28. The first kappa shape index (κ1) is 11.6. The molecule has 2 heterocycles. The third kappa shape index (κ3) is 2.64. The van der Waals surface area contributed by atoms with Crippen LogP contribution in [0.3, 0.4) is 0 Å². The topological polar surface area (TPSA) is 85.3 Å². The van der Waals surface area contributed by atoms with E-state index in [9.17, 15) is 10.1 Å². The van der Waals surface area contributed by atoms with E-state index in [1.54, 1.807) is 0 Å². The van der Waals surface area contributed by atoms with Crippen molar-refractivity contribution in [3.8, 4) is 0 Å². The van der Waals surface area contributed by atoms with Gasteiger partial charge in [-0.3, -0.25) is 10.1 Å². The number of hydrogen-bond acceptors (Lipinski definition) is 5. The smallest absolute Gasteiger partial charge is 0.311 e. The van der Waals surface area contributed by atoms with Gasteiger partial charge < -0.3 is 10.6 Å². The normalized spacial score (nSPS) is 16.6. The van der Waals surface area contributed by atoms with Crippen LogP contribution in [0.4, 0.5) is 17.3 Å². The zero-order valence-electron chi connectivity index (χ0n) is 9.63. The lowest BCUT2D eigenvalue weighted by molar-refractivity contribution is -0.384. The average molecular weight is 236 g/mol. The molecule has 1 aromatic heterocycles. The van der Waals surface area contributed by atoms with E-state index in [1.165, 1.54) is 25.0 Å². The largest absolute Gasteiger partial charge is 0.384 e. The number of hydrogen-bond donors (Lipinski definition) is 1. The third-order valence-electron chi connectivity index (χ3n) is 2.98. The fraction of sp³-hybridized carbons (Fsp3) is 0.545. The first-order valence-corrected chi connectivity index (χ1v) is 5.84. The number of nitrogens with zero attached hydrogens (tertiary/aromatic N) is 3. The maximum atomic E-state index is 11.0. The monoisotopic (exact) mass is 236 g/mol. The van der Waals surface area contributed by atoms with Gasteiger partial charge in [-0.15, -0.1) is 0 Å². The molecule has 2 N–H and O–H groups in total. The van der Waals surface area contributed by atoms with Gasteiger partial charge in [0.1, 0.15) is 5.82 Å². The van der Waals surface area contributed by atoms with E-state index in [2.05, 4.69) is 4.98 Å². The van der Waals surface area contributed by atoms with Crippen molar-refractivity contribution in [1.29, 1.82) is 0 Å². The average Bonchev–Trinajstić information content (AvgIpc) is 2.56. The van der Waals surface area contributed by atoms with Crippen LogP contribution < -0.4 is 10.6 Å². The minimum Gasteiger partial charge on any atom is -0.384 e. The summed E-state index contributed by atoms with van der Waals surface area (Å²) >= 11 is 0.